The number of aryl methyl sites for hydroxylation is 1. The quantitative estimate of drug-likeness (QED) is 0.517. The molecule has 1 aliphatic rings. The van der Waals surface area contributed by atoms with Gasteiger partial charge in [-0.2, -0.15) is 4.58 Å². The van der Waals surface area contributed by atoms with Crippen LogP contribution in [0.2, 0.25) is 0 Å². The molecule has 1 aliphatic heterocycles. The summed E-state index contributed by atoms with van der Waals surface area (Å²) in [6.07, 6.45) is 0.895. The van der Waals surface area contributed by atoms with Crippen LogP contribution < -0.4 is 10.1 Å². The van der Waals surface area contributed by atoms with Crippen LogP contribution in [0.5, 0.6) is 5.75 Å². The average molecular weight is 453 g/mol. The maximum absolute atomic E-state index is 14.7. The van der Waals surface area contributed by atoms with Gasteiger partial charge in [-0.3, -0.25) is 9.69 Å². The first kappa shape index (κ1) is 24.3. The van der Waals surface area contributed by atoms with Crippen LogP contribution in [0.15, 0.2) is 49.1 Å². The Labute approximate surface area is 194 Å². The highest BCUT2D eigenvalue weighted by molar-refractivity contribution is 5.94. The van der Waals surface area contributed by atoms with Crippen LogP contribution in [0, 0.1) is 19.7 Å². The highest BCUT2D eigenvalue weighted by Crippen LogP contribution is 2.28. The van der Waals surface area contributed by atoms with Crippen LogP contribution in [0.4, 0.5) is 4.39 Å². The van der Waals surface area contributed by atoms with Gasteiger partial charge < -0.3 is 10.1 Å². The molecule has 1 heterocycles. The van der Waals surface area contributed by atoms with Gasteiger partial charge in [0.05, 0.1) is 13.1 Å². The molecule has 2 aromatic rings. The summed E-state index contributed by atoms with van der Waals surface area (Å²) in [7, 11) is 1.58. The molecule has 0 aromatic heterocycles. The van der Waals surface area contributed by atoms with E-state index in [1.165, 1.54) is 6.08 Å². The van der Waals surface area contributed by atoms with E-state index in [1.54, 1.807) is 55.8 Å². The van der Waals surface area contributed by atoms with Crippen molar-refractivity contribution in [2.24, 2.45) is 0 Å². The lowest BCUT2D eigenvalue weighted by Gasteiger charge is -2.30. The van der Waals surface area contributed by atoms with E-state index in [-0.39, 0.29) is 17.6 Å². The molecule has 0 radical (unpaired) electrons. The Balaban J connectivity index is 1.88. The molecular formula is C26H31FN3O3+. The van der Waals surface area contributed by atoms with Gasteiger partial charge in [0.2, 0.25) is 0 Å². The molecule has 1 N–H and O–H groups in total. The molecule has 0 saturated carbocycles. The maximum atomic E-state index is 14.7. The molecular weight excluding hydrogens is 421 g/mol. The molecule has 0 aliphatic carbocycles. The predicted molar refractivity (Wildman–Crippen MR) is 127 cm³/mol. The van der Waals surface area contributed by atoms with Gasteiger partial charge >= 0.3 is 5.91 Å². The van der Waals surface area contributed by atoms with E-state index >= 15 is 0 Å². The zero-order valence-corrected chi connectivity index (χ0v) is 19.7. The maximum Gasteiger partial charge on any atom is 0.411 e. The van der Waals surface area contributed by atoms with Gasteiger partial charge in [0, 0.05) is 32.2 Å². The first-order valence-corrected chi connectivity index (χ1v) is 11.0. The Morgan fingerprint density at radius 1 is 1.21 bits per heavy atom. The molecule has 6 nitrogen and oxygen atoms in total. The third-order valence-electron chi connectivity index (χ3n) is 6.01. The highest BCUT2D eigenvalue weighted by Gasteiger charge is 2.29. The molecule has 0 unspecified atom stereocenters. The number of carbonyl (C=O) groups excluding carboxylic acids is 2. The molecule has 2 amide bonds. The van der Waals surface area contributed by atoms with Crippen LogP contribution in [-0.2, 0) is 4.79 Å². The summed E-state index contributed by atoms with van der Waals surface area (Å²) in [4.78, 5) is 26.1. The van der Waals surface area contributed by atoms with Gasteiger partial charge in [-0.05, 0) is 54.8 Å². The summed E-state index contributed by atoms with van der Waals surface area (Å²) < 4.78 is 22.8. The Morgan fingerprint density at radius 3 is 2.52 bits per heavy atom. The predicted octanol–water partition coefficient (Wildman–Crippen LogP) is 3.42. The number of carbonyl (C=O) groups is 2. The number of nitrogens with one attached hydrogen (secondary N) is 1. The fourth-order valence-corrected chi connectivity index (χ4v) is 4.10. The van der Waals surface area contributed by atoms with E-state index in [1.807, 2.05) is 13.0 Å². The highest BCUT2D eigenvalue weighted by atomic mass is 19.1. The lowest BCUT2D eigenvalue weighted by atomic mass is 9.99. The van der Waals surface area contributed by atoms with E-state index in [0.717, 1.165) is 11.3 Å². The van der Waals surface area contributed by atoms with Gasteiger partial charge in [-0.25, -0.2) is 9.18 Å². The minimum absolute atomic E-state index is 0.104. The zero-order chi connectivity index (χ0) is 24.1. The molecule has 1 atom stereocenters. The fourth-order valence-electron chi connectivity index (χ4n) is 4.10. The molecule has 33 heavy (non-hydrogen) atoms. The van der Waals surface area contributed by atoms with Crippen molar-refractivity contribution in [3.05, 3.63) is 77.1 Å². The lowest BCUT2D eigenvalue weighted by Crippen LogP contribution is -2.47. The lowest BCUT2D eigenvalue weighted by molar-refractivity contribution is -0.451. The summed E-state index contributed by atoms with van der Waals surface area (Å²) in [6, 6.07) is 10.6. The Morgan fingerprint density at radius 2 is 1.91 bits per heavy atom. The van der Waals surface area contributed by atoms with Crippen molar-refractivity contribution in [1.82, 2.24) is 10.2 Å². The number of amides is 2. The smallest absolute Gasteiger partial charge is 0.411 e. The molecule has 174 valence electrons. The number of hydrogen-bond donors (Lipinski definition) is 1. The van der Waals surface area contributed by atoms with Crippen LogP contribution >= 0.6 is 0 Å². The largest absolute Gasteiger partial charge is 0.484 e. The minimum atomic E-state index is -0.430. The second-order valence-corrected chi connectivity index (χ2v) is 8.29. The monoisotopic (exact) mass is 452 g/mol. The van der Waals surface area contributed by atoms with Crippen molar-refractivity contribution in [3.8, 4) is 5.75 Å². The van der Waals surface area contributed by atoms with Crippen LogP contribution in [0.3, 0.4) is 0 Å². The van der Waals surface area contributed by atoms with Crippen molar-refractivity contribution < 1.29 is 23.3 Å². The number of benzene rings is 2. The van der Waals surface area contributed by atoms with E-state index in [0.29, 0.717) is 48.6 Å². The Hall–Kier alpha value is -3.32. The summed E-state index contributed by atoms with van der Waals surface area (Å²) in [6.45, 7) is 11.4. The van der Waals surface area contributed by atoms with E-state index in [2.05, 4.69) is 16.8 Å². The fraction of sp³-hybridized carbons (Fsp3) is 0.346. The number of ether oxygens (including phenoxy) is 1. The van der Waals surface area contributed by atoms with Gasteiger partial charge in [0.15, 0.2) is 12.3 Å². The molecule has 7 heteroatoms. The van der Waals surface area contributed by atoms with Gasteiger partial charge in [-0.1, -0.05) is 18.7 Å². The van der Waals surface area contributed by atoms with Gasteiger partial charge in [0.25, 0.3) is 5.91 Å². The first-order valence-electron chi connectivity index (χ1n) is 11.0. The Kier molecular flexibility index (Phi) is 7.76. The minimum Gasteiger partial charge on any atom is -0.484 e. The van der Waals surface area contributed by atoms with E-state index in [4.69, 9.17) is 4.74 Å². The second-order valence-electron chi connectivity index (χ2n) is 8.29. The number of hydrogen-bond acceptors (Lipinski definition) is 4. The van der Waals surface area contributed by atoms with Crippen LogP contribution in [-0.4, -0.2) is 60.2 Å². The van der Waals surface area contributed by atoms with Gasteiger partial charge in [0.1, 0.15) is 17.7 Å². The topological polar surface area (TPSA) is 61.6 Å². The number of halogens is 1. The first-order chi connectivity index (χ1) is 15.7. The summed E-state index contributed by atoms with van der Waals surface area (Å²) in [5.41, 5.74) is 3.39. The Bertz CT molecular complexity index is 1090. The molecule has 0 spiro atoms. The number of nitrogens with zero attached hydrogens (tertiary/aromatic N) is 2. The normalized spacial score (nSPS) is 15.2. The summed E-state index contributed by atoms with van der Waals surface area (Å²) in [5, 5.41) is 2.60. The zero-order valence-electron chi connectivity index (χ0n) is 19.7. The van der Waals surface area contributed by atoms with Crippen molar-refractivity contribution in [1.29, 1.82) is 0 Å². The third kappa shape index (κ3) is 5.54. The van der Waals surface area contributed by atoms with Crippen LogP contribution in [0.1, 0.15) is 40.1 Å². The van der Waals surface area contributed by atoms with Gasteiger partial charge in [-0.15, -0.1) is 0 Å². The molecule has 0 fully saturated rings. The molecule has 0 saturated heterocycles. The molecule has 2 aromatic carbocycles. The van der Waals surface area contributed by atoms with Crippen molar-refractivity contribution in [2.75, 3.05) is 33.2 Å². The summed E-state index contributed by atoms with van der Waals surface area (Å²) in [5.74, 6) is 0.0783. The standard InChI is InChI=1S/C26H30FN3O3/c1-6-24(31)30-14-13-29(15-18(30)3)16-23(22-12-7-17(2)25(27)19(22)4)33-21-10-8-20(9-11-21)26(32)28-5/h6-12,23H,1,13-16H2,2-5H3/p+1/t23-/m1/s1. The molecule has 0 bridgehead atoms. The third-order valence-corrected chi connectivity index (χ3v) is 6.01. The van der Waals surface area contributed by atoms with Crippen molar-refractivity contribution in [2.45, 2.75) is 26.9 Å². The van der Waals surface area contributed by atoms with Crippen LogP contribution in [0.25, 0.3) is 0 Å². The van der Waals surface area contributed by atoms with Crippen molar-refractivity contribution >= 4 is 17.5 Å². The van der Waals surface area contributed by atoms with E-state index < -0.39 is 6.10 Å². The number of rotatable bonds is 7. The average Bonchev–Trinajstić information content (AvgIpc) is 2.82. The second kappa shape index (κ2) is 10.5. The van der Waals surface area contributed by atoms with Crippen molar-refractivity contribution in [3.63, 3.8) is 0 Å². The molecule has 3 rings (SSSR count). The van der Waals surface area contributed by atoms with E-state index in [9.17, 15) is 14.0 Å². The SMILES string of the molecule is C=CC(=O)[N+]1=C(C)CN(C[C@@H](Oc2ccc(C(=O)NC)cc2)c2ccc(C)c(F)c2C)CC1. The summed E-state index contributed by atoms with van der Waals surface area (Å²) >= 11 is 0.